The molecule has 4 N–H and O–H groups in total. The van der Waals surface area contributed by atoms with Gasteiger partial charge in [-0.05, 0) is 25.2 Å². The van der Waals surface area contributed by atoms with E-state index in [0.29, 0.717) is 19.0 Å². The number of hydrogen-bond acceptors (Lipinski definition) is 3. The van der Waals surface area contributed by atoms with Crippen LogP contribution in [0.2, 0.25) is 0 Å². The highest BCUT2D eigenvalue weighted by molar-refractivity contribution is 5.87. The summed E-state index contributed by atoms with van der Waals surface area (Å²) in [5.74, 6) is -1.44. The molecule has 1 unspecified atom stereocenters. The summed E-state index contributed by atoms with van der Waals surface area (Å²) in [7, 11) is 0. The molecule has 1 aliphatic heterocycles. The average Bonchev–Trinajstić information content (AvgIpc) is 2.52. The number of amides is 3. The first-order valence-electron chi connectivity index (χ1n) is 6.46. The number of nitrogens with two attached hydrogens (primary N) is 1. The smallest absolute Gasteiger partial charge is 0.326 e. The van der Waals surface area contributed by atoms with E-state index in [1.54, 1.807) is 4.90 Å². The van der Waals surface area contributed by atoms with Crippen molar-refractivity contribution in [3.05, 3.63) is 0 Å². The van der Waals surface area contributed by atoms with E-state index < -0.39 is 30.4 Å². The molecule has 0 aromatic carbocycles. The highest BCUT2D eigenvalue weighted by Gasteiger charge is 2.25. The lowest BCUT2D eigenvalue weighted by Gasteiger charge is -2.23. The Bertz CT molecular complexity index is 359. The number of hydrogen-bond donors (Lipinski definition) is 3. The van der Waals surface area contributed by atoms with Crippen LogP contribution in [0.25, 0.3) is 0 Å². The van der Waals surface area contributed by atoms with Crippen molar-refractivity contribution < 1.29 is 19.5 Å². The van der Waals surface area contributed by atoms with Gasteiger partial charge in [-0.25, -0.2) is 9.59 Å². The van der Waals surface area contributed by atoms with Crippen molar-refractivity contribution in [1.82, 2.24) is 10.2 Å². The number of urea groups is 1. The zero-order chi connectivity index (χ0) is 14.4. The number of carbonyl (C=O) groups is 3. The van der Waals surface area contributed by atoms with E-state index in [1.165, 1.54) is 0 Å². The van der Waals surface area contributed by atoms with Crippen LogP contribution in [0.5, 0.6) is 0 Å². The van der Waals surface area contributed by atoms with E-state index >= 15 is 0 Å². The van der Waals surface area contributed by atoms with E-state index in [9.17, 15) is 14.4 Å². The van der Waals surface area contributed by atoms with Crippen LogP contribution in [-0.4, -0.2) is 47.0 Å². The molecule has 0 bridgehead atoms. The Labute approximate surface area is 112 Å². The number of likely N-dealkylation sites (tertiary alicyclic amines) is 1. The number of carbonyl (C=O) groups excluding carboxylic acids is 2. The van der Waals surface area contributed by atoms with Crippen molar-refractivity contribution in [3.8, 4) is 0 Å². The third kappa shape index (κ3) is 5.15. The zero-order valence-electron chi connectivity index (χ0n) is 11.1. The monoisotopic (exact) mass is 271 g/mol. The number of primary amides is 1. The standard InChI is InChI=1S/C12H21N3O4/c1-8-3-2-5-15(6-4-8)12(19)14-9(11(17)18)7-10(13)16/h8-9H,2-7H2,1H3,(H2,13,16)(H,14,19)(H,17,18)/t8?,9-/m1/s1. The van der Waals surface area contributed by atoms with Crippen molar-refractivity contribution in [2.24, 2.45) is 11.7 Å². The van der Waals surface area contributed by atoms with Crippen LogP contribution < -0.4 is 11.1 Å². The fourth-order valence-corrected chi connectivity index (χ4v) is 2.11. The van der Waals surface area contributed by atoms with Gasteiger partial charge in [0.25, 0.3) is 0 Å². The molecule has 19 heavy (non-hydrogen) atoms. The van der Waals surface area contributed by atoms with Gasteiger partial charge in [0, 0.05) is 13.1 Å². The fourth-order valence-electron chi connectivity index (χ4n) is 2.11. The molecule has 7 nitrogen and oxygen atoms in total. The van der Waals surface area contributed by atoms with Crippen molar-refractivity contribution in [2.75, 3.05) is 13.1 Å². The van der Waals surface area contributed by atoms with Gasteiger partial charge in [-0.2, -0.15) is 0 Å². The van der Waals surface area contributed by atoms with Gasteiger partial charge < -0.3 is 21.1 Å². The number of aliphatic carboxylic acids is 1. The number of nitrogens with one attached hydrogen (secondary N) is 1. The van der Waals surface area contributed by atoms with E-state index in [0.717, 1.165) is 19.3 Å². The third-order valence-electron chi connectivity index (χ3n) is 3.31. The lowest BCUT2D eigenvalue weighted by molar-refractivity contribution is -0.140. The molecule has 1 rings (SSSR count). The molecule has 1 heterocycles. The van der Waals surface area contributed by atoms with Gasteiger partial charge in [0.15, 0.2) is 0 Å². The molecule has 0 saturated carbocycles. The van der Waals surface area contributed by atoms with Crippen LogP contribution in [0.3, 0.4) is 0 Å². The molecular formula is C12H21N3O4. The number of carboxylic acids is 1. The second-order valence-corrected chi connectivity index (χ2v) is 5.03. The van der Waals surface area contributed by atoms with Gasteiger partial charge in [-0.1, -0.05) is 6.92 Å². The first-order valence-corrected chi connectivity index (χ1v) is 6.46. The van der Waals surface area contributed by atoms with Crippen molar-refractivity contribution >= 4 is 17.9 Å². The van der Waals surface area contributed by atoms with Gasteiger partial charge in [0.2, 0.25) is 5.91 Å². The Morgan fingerprint density at radius 3 is 2.63 bits per heavy atom. The van der Waals surface area contributed by atoms with Gasteiger partial charge >= 0.3 is 12.0 Å². The molecule has 0 radical (unpaired) electrons. The van der Waals surface area contributed by atoms with Crippen molar-refractivity contribution in [2.45, 2.75) is 38.6 Å². The molecule has 7 heteroatoms. The minimum atomic E-state index is -1.26. The average molecular weight is 271 g/mol. The summed E-state index contributed by atoms with van der Waals surface area (Å²) in [6.45, 7) is 3.35. The summed E-state index contributed by atoms with van der Waals surface area (Å²) in [5.41, 5.74) is 4.96. The number of carboxylic acid groups (broad SMARTS) is 1. The van der Waals surface area contributed by atoms with Crippen LogP contribution in [0.4, 0.5) is 4.79 Å². The molecule has 0 aliphatic carbocycles. The third-order valence-corrected chi connectivity index (χ3v) is 3.31. The van der Waals surface area contributed by atoms with Crippen LogP contribution in [0.1, 0.15) is 32.6 Å². The van der Waals surface area contributed by atoms with E-state index in [1.807, 2.05) is 0 Å². The quantitative estimate of drug-likeness (QED) is 0.675. The molecule has 1 fully saturated rings. The van der Waals surface area contributed by atoms with Gasteiger partial charge in [-0.3, -0.25) is 4.79 Å². The van der Waals surface area contributed by atoms with Crippen LogP contribution in [0.15, 0.2) is 0 Å². The Hall–Kier alpha value is -1.79. The second kappa shape index (κ2) is 6.96. The van der Waals surface area contributed by atoms with Crippen LogP contribution in [0, 0.1) is 5.92 Å². The van der Waals surface area contributed by atoms with Crippen LogP contribution >= 0.6 is 0 Å². The molecular weight excluding hydrogens is 250 g/mol. The first-order chi connectivity index (χ1) is 8.90. The first kappa shape index (κ1) is 15.3. The number of nitrogens with zero attached hydrogens (tertiary/aromatic N) is 1. The summed E-state index contributed by atoms with van der Waals surface area (Å²) >= 11 is 0. The lowest BCUT2D eigenvalue weighted by Crippen LogP contribution is -2.49. The maximum atomic E-state index is 12.0. The van der Waals surface area contributed by atoms with Gasteiger partial charge in [0.1, 0.15) is 6.04 Å². The molecule has 3 amide bonds. The maximum Gasteiger partial charge on any atom is 0.326 e. The van der Waals surface area contributed by atoms with Crippen molar-refractivity contribution in [1.29, 1.82) is 0 Å². The maximum absolute atomic E-state index is 12.0. The normalized spacial score (nSPS) is 21.3. The van der Waals surface area contributed by atoms with E-state index in [-0.39, 0.29) is 0 Å². The van der Waals surface area contributed by atoms with Gasteiger partial charge in [0.05, 0.1) is 6.42 Å². The minimum absolute atomic E-state index is 0.398. The minimum Gasteiger partial charge on any atom is -0.480 e. The number of rotatable bonds is 4. The Morgan fingerprint density at radius 1 is 1.37 bits per heavy atom. The SMILES string of the molecule is CC1CCCN(C(=O)N[C@H](CC(N)=O)C(=O)O)CC1. The fraction of sp³-hybridized carbons (Fsp3) is 0.750. The highest BCUT2D eigenvalue weighted by Crippen LogP contribution is 2.16. The second-order valence-electron chi connectivity index (χ2n) is 5.03. The summed E-state index contributed by atoms with van der Waals surface area (Å²) < 4.78 is 0. The molecule has 0 spiro atoms. The zero-order valence-corrected chi connectivity index (χ0v) is 11.1. The summed E-state index contributed by atoms with van der Waals surface area (Å²) in [6.07, 6.45) is 2.47. The lowest BCUT2D eigenvalue weighted by atomic mass is 10.0. The topological polar surface area (TPSA) is 113 Å². The molecule has 1 saturated heterocycles. The summed E-state index contributed by atoms with van der Waals surface area (Å²) in [4.78, 5) is 35.2. The van der Waals surface area contributed by atoms with E-state index in [4.69, 9.17) is 10.8 Å². The Morgan fingerprint density at radius 2 is 2.05 bits per heavy atom. The largest absolute Gasteiger partial charge is 0.480 e. The Balaban J connectivity index is 2.55. The van der Waals surface area contributed by atoms with Gasteiger partial charge in [-0.15, -0.1) is 0 Å². The molecule has 1 aliphatic rings. The van der Waals surface area contributed by atoms with Crippen molar-refractivity contribution in [3.63, 3.8) is 0 Å². The molecule has 2 atom stereocenters. The summed E-state index contributed by atoms with van der Waals surface area (Å²) in [5, 5.41) is 11.3. The molecule has 0 aromatic rings. The molecule has 0 aromatic heterocycles. The highest BCUT2D eigenvalue weighted by atomic mass is 16.4. The van der Waals surface area contributed by atoms with E-state index in [2.05, 4.69) is 12.2 Å². The predicted octanol–water partition coefficient (Wildman–Crippen LogP) is 0.147. The Kier molecular flexibility index (Phi) is 5.59. The predicted molar refractivity (Wildman–Crippen MR) is 68.4 cm³/mol. The molecule has 108 valence electrons. The summed E-state index contributed by atoms with van der Waals surface area (Å²) in [6, 6.07) is -1.70. The van der Waals surface area contributed by atoms with Crippen LogP contribution in [-0.2, 0) is 9.59 Å².